The third-order valence-electron chi connectivity index (χ3n) is 1.37. The van der Waals surface area contributed by atoms with Crippen LogP contribution in [0.2, 0.25) is 0 Å². The van der Waals surface area contributed by atoms with Crippen molar-refractivity contribution >= 4 is 6.29 Å². The third kappa shape index (κ3) is 2.83. The highest BCUT2D eigenvalue weighted by Crippen LogP contribution is 2.14. The van der Waals surface area contributed by atoms with Crippen LogP contribution in [0.3, 0.4) is 0 Å². The van der Waals surface area contributed by atoms with Gasteiger partial charge in [-0.25, -0.2) is 4.39 Å². The van der Waals surface area contributed by atoms with Gasteiger partial charge in [-0.15, -0.1) is 0 Å². The van der Waals surface area contributed by atoms with Gasteiger partial charge in [0.1, 0.15) is 17.9 Å². The highest BCUT2D eigenvalue weighted by Gasteiger charge is 2.00. The summed E-state index contributed by atoms with van der Waals surface area (Å²) in [4.78, 5) is 10.3. The van der Waals surface area contributed by atoms with Crippen molar-refractivity contribution in [1.82, 2.24) is 0 Å². The number of carbonyl (C=O) groups excluding carboxylic acids is 1. The Kier molecular flexibility index (Phi) is 3.40. The fourth-order valence-electron chi connectivity index (χ4n) is 0.863. The normalized spacial score (nSPS) is 9.69. The minimum absolute atomic E-state index is 0.0295. The molecular formula is C9H9FO3. The molecule has 1 rings (SSSR count). The average molecular weight is 184 g/mol. The average Bonchev–Trinajstić information content (AvgIpc) is 2.14. The summed E-state index contributed by atoms with van der Waals surface area (Å²) < 4.78 is 22.3. The van der Waals surface area contributed by atoms with Gasteiger partial charge in [0.15, 0.2) is 6.79 Å². The molecule has 0 aromatic heterocycles. The number of rotatable bonds is 4. The monoisotopic (exact) mass is 184 g/mol. The molecule has 0 N–H and O–H groups in total. The van der Waals surface area contributed by atoms with E-state index in [1.165, 1.54) is 19.2 Å². The van der Waals surface area contributed by atoms with Gasteiger partial charge in [0, 0.05) is 18.7 Å². The van der Waals surface area contributed by atoms with Crippen LogP contribution in [0, 0.1) is 5.82 Å². The predicted octanol–water partition coefficient (Wildman–Crippen LogP) is 1.62. The quantitative estimate of drug-likeness (QED) is 0.527. The number of ether oxygens (including phenoxy) is 2. The highest BCUT2D eigenvalue weighted by atomic mass is 19.1. The van der Waals surface area contributed by atoms with Crippen LogP contribution in [0.5, 0.6) is 5.75 Å². The number of hydrogen-bond acceptors (Lipinski definition) is 3. The first-order chi connectivity index (χ1) is 6.26. The largest absolute Gasteiger partial charge is 0.467 e. The number of benzene rings is 1. The second-order valence-electron chi connectivity index (χ2n) is 2.39. The first-order valence-electron chi connectivity index (χ1n) is 3.64. The topological polar surface area (TPSA) is 35.5 Å². The van der Waals surface area contributed by atoms with Crippen molar-refractivity contribution < 1.29 is 18.7 Å². The molecule has 0 bridgehead atoms. The number of aldehydes is 1. The Labute approximate surface area is 75.1 Å². The summed E-state index contributed by atoms with van der Waals surface area (Å²) in [7, 11) is 1.46. The van der Waals surface area contributed by atoms with Gasteiger partial charge in [-0.1, -0.05) is 0 Å². The maximum atomic E-state index is 12.8. The molecule has 1 aromatic rings. The van der Waals surface area contributed by atoms with E-state index in [4.69, 9.17) is 4.74 Å². The van der Waals surface area contributed by atoms with Gasteiger partial charge in [-0.05, 0) is 12.1 Å². The second-order valence-corrected chi connectivity index (χ2v) is 2.39. The molecule has 0 amide bonds. The molecule has 3 nitrogen and oxygen atoms in total. The Hall–Kier alpha value is -1.42. The lowest BCUT2D eigenvalue weighted by Crippen LogP contribution is -1.99. The molecule has 0 aliphatic carbocycles. The zero-order valence-corrected chi connectivity index (χ0v) is 7.12. The Morgan fingerprint density at radius 1 is 1.46 bits per heavy atom. The van der Waals surface area contributed by atoms with Gasteiger partial charge in [0.25, 0.3) is 0 Å². The Bertz CT molecular complexity index is 299. The fourth-order valence-corrected chi connectivity index (χ4v) is 0.863. The number of methoxy groups -OCH3 is 1. The van der Waals surface area contributed by atoms with Crippen molar-refractivity contribution in [3.63, 3.8) is 0 Å². The molecule has 0 aliphatic heterocycles. The van der Waals surface area contributed by atoms with Crippen LogP contribution >= 0.6 is 0 Å². The van der Waals surface area contributed by atoms with Gasteiger partial charge in [0.2, 0.25) is 0 Å². The van der Waals surface area contributed by atoms with Crippen LogP contribution in [0.4, 0.5) is 4.39 Å². The van der Waals surface area contributed by atoms with E-state index in [1.807, 2.05) is 0 Å². The molecule has 0 radical (unpaired) electrons. The summed E-state index contributed by atoms with van der Waals surface area (Å²) in [6.45, 7) is 0.0295. The van der Waals surface area contributed by atoms with E-state index in [0.29, 0.717) is 6.29 Å². The fraction of sp³-hybridized carbons (Fsp3) is 0.222. The first kappa shape index (κ1) is 9.67. The molecule has 0 atom stereocenters. The number of carbonyl (C=O) groups is 1. The molecular weight excluding hydrogens is 175 g/mol. The van der Waals surface area contributed by atoms with E-state index in [9.17, 15) is 9.18 Å². The summed E-state index contributed by atoms with van der Waals surface area (Å²) in [5.41, 5.74) is 0.242. The van der Waals surface area contributed by atoms with Crippen molar-refractivity contribution in [1.29, 1.82) is 0 Å². The lowest BCUT2D eigenvalue weighted by Gasteiger charge is -2.04. The minimum Gasteiger partial charge on any atom is -0.467 e. The number of hydrogen-bond donors (Lipinski definition) is 0. The molecule has 13 heavy (non-hydrogen) atoms. The van der Waals surface area contributed by atoms with E-state index in [0.717, 1.165) is 6.07 Å². The van der Waals surface area contributed by atoms with Crippen LogP contribution in [0.1, 0.15) is 10.4 Å². The maximum absolute atomic E-state index is 12.8. The van der Waals surface area contributed by atoms with Crippen LogP contribution in [-0.4, -0.2) is 20.2 Å². The second kappa shape index (κ2) is 4.57. The summed E-state index contributed by atoms with van der Waals surface area (Å²) >= 11 is 0. The van der Waals surface area contributed by atoms with Crippen LogP contribution in [0.15, 0.2) is 18.2 Å². The van der Waals surface area contributed by atoms with Crippen molar-refractivity contribution in [2.24, 2.45) is 0 Å². The summed E-state index contributed by atoms with van der Waals surface area (Å²) in [5, 5.41) is 0. The maximum Gasteiger partial charge on any atom is 0.188 e. The van der Waals surface area contributed by atoms with E-state index < -0.39 is 5.82 Å². The molecule has 0 heterocycles. The van der Waals surface area contributed by atoms with Crippen molar-refractivity contribution in [3.8, 4) is 5.75 Å². The molecule has 0 unspecified atom stereocenters. The SMILES string of the molecule is COCOc1cc(F)cc(C=O)c1. The van der Waals surface area contributed by atoms with Crippen molar-refractivity contribution in [3.05, 3.63) is 29.6 Å². The van der Waals surface area contributed by atoms with E-state index >= 15 is 0 Å². The number of halogens is 1. The highest BCUT2D eigenvalue weighted by molar-refractivity contribution is 5.75. The van der Waals surface area contributed by atoms with Gasteiger partial charge in [0.05, 0.1) is 0 Å². The molecule has 4 heteroatoms. The van der Waals surface area contributed by atoms with Gasteiger partial charge >= 0.3 is 0 Å². The minimum atomic E-state index is -0.504. The first-order valence-corrected chi connectivity index (χ1v) is 3.64. The zero-order chi connectivity index (χ0) is 9.68. The summed E-state index contributed by atoms with van der Waals surface area (Å²) in [6, 6.07) is 3.76. The van der Waals surface area contributed by atoms with Crippen LogP contribution < -0.4 is 4.74 Å². The van der Waals surface area contributed by atoms with Gasteiger partial charge < -0.3 is 9.47 Å². The van der Waals surface area contributed by atoms with E-state index in [2.05, 4.69) is 4.74 Å². The smallest absolute Gasteiger partial charge is 0.188 e. The zero-order valence-electron chi connectivity index (χ0n) is 7.12. The van der Waals surface area contributed by atoms with Crippen LogP contribution in [0.25, 0.3) is 0 Å². The third-order valence-corrected chi connectivity index (χ3v) is 1.37. The summed E-state index contributed by atoms with van der Waals surface area (Å²) in [6.07, 6.45) is 0.558. The molecule has 0 saturated heterocycles. The molecule has 0 fully saturated rings. The predicted molar refractivity (Wildman–Crippen MR) is 44.3 cm³/mol. The molecule has 0 saturated carbocycles. The van der Waals surface area contributed by atoms with Crippen molar-refractivity contribution in [2.75, 3.05) is 13.9 Å². The van der Waals surface area contributed by atoms with Crippen molar-refractivity contribution in [2.45, 2.75) is 0 Å². The molecule has 0 aliphatic rings. The van der Waals surface area contributed by atoms with Gasteiger partial charge in [-0.3, -0.25) is 4.79 Å². The Morgan fingerprint density at radius 3 is 2.85 bits per heavy atom. The standard InChI is InChI=1S/C9H9FO3/c1-12-6-13-9-3-7(5-11)2-8(10)4-9/h2-5H,6H2,1H3. The van der Waals surface area contributed by atoms with E-state index in [1.54, 1.807) is 0 Å². The summed E-state index contributed by atoms with van der Waals surface area (Å²) in [5.74, 6) is -0.223. The molecule has 0 spiro atoms. The Balaban J connectivity index is 2.81. The van der Waals surface area contributed by atoms with E-state index in [-0.39, 0.29) is 18.1 Å². The molecule has 1 aromatic carbocycles. The van der Waals surface area contributed by atoms with Crippen LogP contribution in [-0.2, 0) is 4.74 Å². The lowest BCUT2D eigenvalue weighted by molar-refractivity contribution is 0.0508. The Morgan fingerprint density at radius 2 is 2.23 bits per heavy atom. The molecule has 70 valence electrons. The van der Waals surface area contributed by atoms with Gasteiger partial charge in [-0.2, -0.15) is 0 Å². The lowest BCUT2D eigenvalue weighted by atomic mass is 10.2.